The molecule has 15 heavy (non-hydrogen) atoms. The molecule has 1 aromatic rings. The summed E-state index contributed by atoms with van der Waals surface area (Å²) in [6.07, 6.45) is 2.00. The summed E-state index contributed by atoms with van der Waals surface area (Å²) in [7, 11) is 0. The summed E-state index contributed by atoms with van der Waals surface area (Å²) < 4.78 is 10.9. The summed E-state index contributed by atoms with van der Waals surface area (Å²) in [5.74, 6) is 2.46. The Morgan fingerprint density at radius 1 is 1.00 bits per heavy atom. The van der Waals surface area contributed by atoms with E-state index in [2.05, 4.69) is 0 Å². The topological polar surface area (TPSA) is 18.5 Å². The van der Waals surface area contributed by atoms with Gasteiger partial charge in [0.2, 0.25) is 0 Å². The summed E-state index contributed by atoms with van der Waals surface area (Å²) >= 11 is 5.57. The zero-order valence-electron chi connectivity index (χ0n) is 9.04. The average molecular weight is 229 g/mol. The first-order chi connectivity index (χ1) is 7.36. The van der Waals surface area contributed by atoms with Crippen LogP contribution in [0.25, 0.3) is 0 Å². The van der Waals surface area contributed by atoms with Crippen molar-refractivity contribution >= 4 is 11.6 Å². The fourth-order valence-electron chi connectivity index (χ4n) is 1.19. The van der Waals surface area contributed by atoms with Crippen LogP contribution in [-0.2, 0) is 0 Å². The fraction of sp³-hybridized carbons (Fsp3) is 0.500. The van der Waals surface area contributed by atoms with Crippen molar-refractivity contribution in [2.75, 3.05) is 19.1 Å². The molecule has 2 nitrogen and oxygen atoms in total. The van der Waals surface area contributed by atoms with Crippen LogP contribution < -0.4 is 9.47 Å². The predicted molar refractivity (Wildman–Crippen MR) is 63.1 cm³/mol. The Labute approximate surface area is 96.2 Å². The lowest BCUT2D eigenvalue weighted by atomic mass is 10.3. The highest BCUT2D eigenvalue weighted by Gasteiger charge is 1.95. The van der Waals surface area contributed by atoms with Crippen LogP contribution in [0.2, 0.25) is 0 Å². The Morgan fingerprint density at radius 3 is 2.13 bits per heavy atom. The number of halogens is 1. The van der Waals surface area contributed by atoms with E-state index in [4.69, 9.17) is 21.1 Å². The van der Waals surface area contributed by atoms with E-state index in [0.29, 0.717) is 12.5 Å². The van der Waals surface area contributed by atoms with Gasteiger partial charge in [-0.1, -0.05) is 0 Å². The zero-order valence-corrected chi connectivity index (χ0v) is 9.80. The molecule has 1 aromatic carbocycles. The van der Waals surface area contributed by atoms with Gasteiger partial charge in [-0.05, 0) is 44.0 Å². The first kappa shape index (κ1) is 12.2. The van der Waals surface area contributed by atoms with E-state index < -0.39 is 0 Å². The number of benzene rings is 1. The van der Waals surface area contributed by atoms with E-state index in [0.717, 1.165) is 30.9 Å². The van der Waals surface area contributed by atoms with E-state index in [1.54, 1.807) is 0 Å². The lowest BCUT2D eigenvalue weighted by molar-refractivity contribution is 0.307. The SMILES string of the molecule is CCOc1ccc(OCCCCCl)cc1. The van der Waals surface area contributed by atoms with Gasteiger partial charge in [-0.25, -0.2) is 0 Å². The lowest BCUT2D eigenvalue weighted by Gasteiger charge is -2.06. The third-order valence-electron chi connectivity index (χ3n) is 1.93. The summed E-state index contributed by atoms with van der Waals surface area (Å²) in [6.45, 7) is 3.38. The van der Waals surface area contributed by atoms with Gasteiger partial charge < -0.3 is 9.47 Å². The van der Waals surface area contributed by atoms with Crippen molar-refractivity contribution in [1.82, 2.24) is 0 Å². The smallest absolute Gasteiger partial charge is 0.119 e. The van der Waals surface area contributed by atoms with Crippen molar-refractivity contribution in [3.8, 4) is 11.5 Å². The first-order valence-electron chi connectivity index (χ1n) is 5.28. The van der Waals surface area contributed by atoms with Gasteiger partial charge in [0.15, 0.2) is 0 Å². The van der Waals surface area contributed by atoms with E-state index in [1.807, 2.05) is 31.2 Å². The summed E-state index contributed by atoms with van der Waals surface area (Å²) in [5, 5.41) is 0. The van der Waals surface area contributed by atoms with E-state index >= 15 is 0 Å². The maximum absolute atomic E-state index is 5.57. The molecule has 0 saturated heterocycles. The molecule has 0 spiro atoms. The van der Waals surface area contributed by atoms with Gasteiger partial charge in [-0.15, -0.1) is 11.6 Å². The van der Waals surface area contributed by atoms with Gasteiger partial charge in [0.1, 0.15) is 11.5 Å². The number of rotatable bonds is 7. The molecule has 0 atom stereocenters. The maximum atomic E-state index is 5.57. The van der Waals surface area contributed by atoms with Crippen LogP contribution in [0.4, 0.5) is 0 Å². The Hall–Kier alpha value is -0.890. The molecule has 0 aromatic heterocycles. The minimum atomic E-state index is 0.690. The van der Waals surface area contributed by atoms with Crippen molar-refractivity contribution in [3.05, 3.63) is 24.3 Å². The molecule has 0 N–H and O–H groups in total. The van der Waals surface area contributed by atoms with E-state index in [-0.39, 0.29) is 0 Å². The second kappa shape index (κ2) is 7.41. The minimum Gasteiger partial charge on any atom is -0.494 e. The molecule has 0 radical (unpaired) electrons. The molecule has 0 aliphatic heterocycles. The van der Waals surface area contributed by atoms with Crippen LogP contribution in [0.15, 0.2) is 24.3 Å². The lowest BCUT2D eigenvalue weighted by Crippen LogP contribution is -1.97. The van der Waals surface area contributed by atoms with Crippen molar-refractivity contribution in [2.45, 2.75) is 19.8 Å². The highest BCUT2D eigenvalue weighted by atomic mass is 35.5. The molecular formula is C12H17ClO2. The van der Waals surface area contributed by atoms with Crippen molar-refractivity contribution in [1.29, 1.82) is 0 Å². The minimum absolute atomic E-state index is 0.690. The van der Waals surface area contributed by atoms with E-state index in [9.17, 15) is 0 Å². The van der Waals surface area contributed by atoms with Crippen LogP contribution in [0.5, 0.6) is 11.5 Å². The highest BCUT2D eigenvalue weighted by molar-refractivity contribution is 6.17. The molecule has 84 valence electrons. The van der Waals surface area contributed by atoms with Crippen LogP contribution in [0.1, 0.15) is 19.8 Å². The number of unbranched alkanes of at least 4 members (excludes halogenated alkanes) is 1. The largest absolute Gasteiger partial charge is 0.494 e. The third kappa shape index (κ3) is 4.93. The summed E-state index contributed by atoms with van der Waals surface area (Å²) in [6, 6.07) is 7.68. The van der Waals surface area contributed by atoms with Gasteiger partial charge >= 0.3 is 0 Å². The molecule has 1 rings (SSSR count). The molecule has 3 heteroatoms. The van der Waals surface area contributed by atoms with Gasteiger partial charge in [-0.3, -0.25) is 0 Å². The number of hydrogen-bond acceptors (Lipinski definition) is 2. The average Bonchev–Trinajstić information content (AvgIpc) is 2.27. The molecule has 0 fully saturated rings. The summed E-state index contributed by atoms with van der Waals surface area (Å²) in [4.78, 5) is 0. The first-order valence-corrected chi connectivity index (χ1v) is 5.82. The highest BCUT2D eigenvalue weighted by Crippen LogP contribution is 2.17. The Bertz CT molecular complexity index is 259. The Balaban J connectivity index is 2.29. The van der Waals surface area contributed by atoms with E-state index in [1.165, 1.54) is 0 Å². The van der Waals surface area contributed by atoms with Crippen molar-refractivity contribution in [2.24, 2.45) is 0 Å². The molecule has 0 aliphatic rings. The number of ether oxygens (including phenoxy) is 2. The predicted octanol–water partition coefficient (Wildman–Crippen LogP) is 3.48. The van der Waals surface area contributed by atoms with Crippen molar-refractivity contribution < 1.29 is 9.47 Å². The number of alkyl halides is 1. The van der Waals surface area contributed by atoms with Gasteiger partial charge in [0.25, 0.3) is 0 Å². The normalized spacial score (nSPS) is 10.0. The van der Waals surface area contributed by atoms with Gasteiger partial charge in [0.05, 0.1) is 13.2 Å². The van der Waals surface area contributed by atoms with Crippen molar-refractivity contribution in [3.63, 3.8) is 0 Å². The second-order valence-corrected chi connectivity index (χ2v) is 3.53. The molecule has 0 bridgehead atoms. The fourth-order valence-corrected chi connectivity index (χ4v) is 1.37. The van der Waals surface area contributed by atoms with Gasteiger partial charge in [-0.2, -0.15) is 0 Å². The monoisotopic (exact) mass is 228 g/mol. The Morgan fingerprint density at radius 2 is 1.60 bits per heavy atom. The third-order valence-corrected chi connectivity index (χ3v) is 2.20. The zero-order chi connectivity index (χ0) is 10.9. The number of hydrogen-bond donors (Lipinski definition) is 0. The molecule has 0 amide bonds. The van der Waals surface area contributed by atoms with Crippen LogP contribution in [-0.4, -0.2) is 19.1 Å². The molecular weight excluding hydrogens is 212 g/mol. The Kier molecular flexibility index (Phi) is 6.02. The summed E-state index contributed by atoms with van der Waals surface area (Å²) in [5.41, 5.74) is 0. The molecule has 0 unspecified atom stereocenters. The van der Waals surface area contributed by atoms with Gasteiger partial charge in [0, 0.05) is 5.88 Å². The quantitative estimate of drug-likeness (QED) is 0.526. The second-order valence-electron chi connectivity index (χ2n) is 3.15. The maximum Gasteiger partial charge on any atom is 0.119 e. The van der Waals surface area contributed by atoms with Crippen LogP contribution >= 0.6 is 11.6 Å². The molecule has 0 aliphatic carbocycles. The molecule has 0 saturated carbocycles. The van der Waals surface area contributed by atoms with Crippen LogP contribution in [0, 0.1) is 0 Å². The molecule has 0 heterocycles. The standard InChI is InChI=1S/C12H17ClO2/c1-2-14-11-5-7-12(8-6-11)15-10-4-3-9-13/h5-8H,2-4,9-10H2,1H3. The van der Waals surface area contributed by atoms with Crippen LogP contribution in [0.3, 0.4) is 0 Å².